The van der Waals surface area contributed by atoms with Crippen LogP contribution < -0.4 is 10.1 Å². The molecule has 32 heavy (non-hydrogen) atoms. The first-order valence-electron chi connectivity index (χ1n) is 9.98. The van der Waals surface area contributed by atoms with Crippen LogP contribution in [-0.2, 0) is 0 Å². The molecule has 0 bridgehead atoms. The van der Waals surface area contributed by atoms with Gasteiger partial charge in [-0.1, -0.05) is 47.0 Å². The lowest BCUT2D eigenvalue weighted by Gasteiger charge is -2.08. The Morgan fingerprint density at radius 3 is 2.50 bits per heavy atom. The summed E-state index contributed by atoms with van der Waals surface area (Å²) in [5, 5.41) is 8.01. The second-order valence-electron chi connectivity index (χ2n) is 7.05. The summed E-state index contributed by atoms with van der Waals surface area (Å²) in [6, 6.07) is 20.2. The van der Waals surface area contributed by atoms with Crippen molar-refractivity contribution >= 4 is 34.8 Å². The van der Waals surface area contributed by atoms with Gasteiger partial charge in [-0.05, 0) is 62.4 Å². The molecular formula is C24H20Cl2N4O2. The maximum atomic E-state index is 12.9. The zero-order valence-electron chi connectivity index (χ0n) is 17.5. The third kappa shape index (κ3) is 4.77. The number of anilines is 1. The molecule has 0 spiro atoms. The van der Waals surface area contributed by atoms with Crippen molar-refractivity contribution in [1.82, 2.24) is 14.8 Å². The molecule has 1 heterocycles. The first kappa shape index (κ1) is 21.9. The maximum Gasteiger partial charge on any atom is 0.295 e. The van der Waals surface area contributed by atoms with E-state index < -0.39 is 5.91 Å². The van der Waals surface area contributed by atoms with Gasteiger partial charge in [-0.15, -0.1) is 5.10 Å². The Balaban J connectivity index is 1.73. The number of amides is 1. The lowest BCUT2D eigenvalue weighted by atomic mass is 10.1. The Kier molecular flexibility index (Phi) is 6.44. The number of ether oxygens (including phenoxy) is 1. The van der Waals surface area contributed by atoms with Gasteiger partial charge < -0.3 is 10.1 Å². The van der Waals surface area contributed by atoms with Crippen molar-refractivity contribution in [1.29, 1.82) is 0 Å². The van der Waals surface area contributed by atoms with E-state index in [0.29, 0.717) is 28.2 Å². The molecular weight excluding hydrogens is 447 g/mol. The molecule has 0 aliphatic carbocycles. The molecule has 1 amide bonds. The molecule has 8 heteroatoms. The lowest BCUT2D eigenvalue weighted by Crippen LogP contribution is -2.14. The minimum absolute atomic E-state index is 0.0291. The predicted octanol–water partition coefficient (Wildman–Crippen LogP) is 6.20. The first-order valence-corrected chi connectivity index (χ1v) is 10.7. The van der Waals surface area contributed by atoms with Crippen LogP contribution in [0.5, 0.6) is 5.75 Å². The second-order valence-corrected chi connectivity index (χ2v) is 7.86. The number of benzene rings is 3. The van der Waals surface area contributed by atoms with Gasteiger partial charge in [0.25, 0.3) is 5.91 Å². The molecule has 0 aliphatic heterocycles. The third-order valence-corrected chi connectivity index (χ3v) is 5.40. The highest BCUT2D eigenvalue weighted by Gasteiger charge is 2.19. The highest BCUT2D eigenvalue weighted by Crippen LogP contribution is 2.26. The van der Waals surface area contributed by atoms with Crippen LogP contribution >= 0.6 is 23.2 Å². The summed E-state index contributed by atoms with van der Waals surface area (Å²) in [6.45, 7) is 4.51. The van der Waals surface area contributed by atoms with Crippen LogP contribution in [0.1, 0.15) is 23.1 Å². The van der Waals surface area contributed by atoms with Crippen LogP contribution in [0.3, 0.4) is 0 Å². The first-order chi connectivity index (χ1) is 15.4. The summed E-state index contributed by atoms with van der Waals surface area (Å²) in [7, 11) is 0. The number of hydrogen-bond acceptors (Lipinski definition) is 4. The van der Waals surface area contributed by atoms with Crippen molar-refractivity contribution in [3.8, 4) is 22.8 Å². The Morgan fingerprint density at radius 1 is 1.03 bits per heavy atom. The Bertz CT molecular complexity index is 1270. The van der Waals surface area contributed by atoms with Crippen molar-refractivity contribution < 1.29 is 9.53 Å². The molecule has 0 fully saturated rings. The SMILES string of the molecule is CCOc1ccc(-n2nc(C(=O)Nc3ccc(Cl)c(Cl)c3)nc2-c2cccc(C)c2)cc1. The van der Waals surface area contributed by atoms with Gasteiger partial charge in [0, 0.05) is 11.3 Å². The van der Waals surface area contributed by atoms with Crippen molar-refractivity contribution in [3.05, 3.63) is 88.2 Å². The summed E-state index contributed by atoms with van der Waals surface area (Å²) >= 11 is 12.0. The molecule has 4 aromatic rings. The van der Waals surface area contributed by atoms with Gasteiger partial charge in [-0.3, -0.25) is 4.79 Å². The molecule has 162 valence electrons. The van der Waals surface area contributed by atoms with Gasteiger partial charge in [0.1, 0.15) is 5.75 Å². The van der Waals surface area contributed by atoms with Gasteiger partial charge in [0.2, 0.25) is 5.82 Å². The van der Waals surface area contributed by atoms with E-state index >= 15 is 0 Å². The molecule has 0 atom stereocenters. The summed E-state index contributed by atoms with van der Waals surface area (Å²) in [4.78, 5) is 17.4. The van der Waals surface area contributed by atoms with E-state index in [1.807, 2.05) is 62.4 Å². The molecule has 0 unspecified atom stereocenters. The number of carbonyl (C=O) groups excluding carboxylic acids is 1. The monoisotopic (exact) mass is 466 g/mol. The van der Waals surface area contributed by atoms with Crippen LogP contribution in [0.4, 0.5) is 5.69 Å². The summed E-state index contributed by atoms with van der Waals surface area (Å²) in [5.74, 6) is 0.881. The molecule has 0 saturated heterocycles. The number of hydrogen-bond donors (Lipinski definition) is 1. The summed E-state index contributed by atoms with van der Waals surface area (Å²) < 4.78 is 7.17. The maximum absolute atomic E-state index is 12.9. The zero-order valence-corrected chi connectivity index (χ0v) is 19.0. The standard InChI is InChI=1S/C24H20Cl2N4O2/c1-3-32-19-10-8-18(9-11-19)30-23(16-6-4-5-15(2)13-16)28-22(29-30)24(31)27-17-7-12-20(25)21(26)14-17/h4-14H,3H2,1-2H3,(H,27,31). The highest BCUT2D eigenvalue weighted by atomic mass is 35.5. The Labute approximate surface area is 195 Å². The minimum Gasteiger partial charge on any atom is -0.494 e. The van der Waals surface area contributed by atoms with Gasteiger partial charge in [0.05, 0.1) is 22.3 Å². The van der Waals surface area contributed by atoms with Gasteiger partial charge in [0.15, 0.2) is 5.82 Å². The quantitative estimate of drug-likeness (QED) is 0.367. The smallest absolute Gasteiger partial charge is 0.295 e. The van der Waals surface area contributed by atoms with Gasteiger partial charge in [-0.2, -0.15) is 0 Å². The van der Waals surface area contributed by atoms with E-state index in [2.05, 4.69) is 15.4 Å². The number of halogens is 2. The van der Waals surface area contributed by atoms with Crippen molar-refractivity contribution in [3.63, 3.8) is 0 Å². The molecule has 6 nitrogen and oxygen atoms in total. The fourth-order valence-corrected chi connectivity index (χ4v) is 3.47. The second kappa shape index (κ2) is 9.42. The van der Waals surface area contributed by atoms with Crippen molar-refractivity contribution in [2.75, 3.05) is 11.9 Å². The predicted molar refractivity (Wildman–Crippen MR) is 127 cm³/mol. The van der Waals surface area contributed by atoms with Gasteiger partial charge in [-0.25, -0.2) is 9.67 Å². The molecule has 4 rings (SSSR count). The average molecular weight is 467 g/mol. The number of nitrogens with zero attached hydrogens (tertiary/aromatic N) is 3. The van der Waals surface area contributed by atoms with Crippen molar-refractivity contribution in [2.45, 2.75) is 13.8 Å². The van der Waals surface area contributed by atoms with Crippen LogP contribution in [0, 0.1) is 6.92 Å². The Morgan fingerprint density at radius 2 is 1.81 bits per heavy atom. The number of nitrogens with one attached hydrogen (secondary N) is 1. The fraction of sp³-hybridized carbons (Fsp3) is 0.125. The van der Waals surface area contributed by atoms with Crippen LogP contribution in [-0.4, -0.2) is 27.3 Å². The van der Waals surface area contributed by atoms with Crippen LogP contribution in [0.15, 0.2) is 66.7 Å². The van der Waals surface area contributed by atoms with Gasteiger partial charge >= 0.3 is 0 Å². The number of rotatable bonds is 6. The largest absolute Gasteiger partial charge is 0.494 e. The number of aromatic nitrogens is 3. The van der Waals surface area contributed by atoms with E-state index in [1.54, 1.807) is 22.9 Å². The molecule has 1 aromatic heterocycles. The van der Waals surface area contributed by atoms with Crippen LogP contribution in [0.2, 0.25) is 10.0 Å². The average Bonchev–Trinajstić information content (AvgIpc) is 3.23. The van der Waals surface area contributed by atoms with E-state index in [1.165, 1.54) is 0 Å². The summed E-state index contributed by atoms with van der Waals surface area (Å²) in [5.41, 5.74) is 3.18. The number of aryl methyl sites for hydroxylation is 1. The normalized spacial score (nSPS) is 10.8. The topological polar surface area (TPSA) is 69.0 Å². The molecule has 0 aliphatic rings. The van der Waals surface area contributed by atoms with E-state index in [0.717, 1.165) is 22.6 Å². The zero-order chi connectivity index (χ0) is 22.7. The highest BCUT2D eigenvalue weighted by molar-refractivity contribution is 6.42. The molecule has 1 N–H and O–H groups in total. The van der Waals surface area contributed by atoms with Crippen molar-refractivity contribution in [2.24, 2.45) is 0 Å². The molecule has 3 aromatic carbocycles. The van der Waals surface area contributed by atoms with E-state index in [4.69, 9.17) is 27.9 Å². The van der Waals surface area contributed by atoms with E-state index in [9.17, 15) is 4.79 Å². The molecule has 0 radical (unpaired) electrons. The molecule has 0 saturated carbocycles. The van der Waals surface area contributed by atoms with Crippen LogP contribution in [0.25, 0.3) is 17.1 Å². The number of carbonyl (C=O) groups is 1. The Hall–Kier alpha value is -3.35. The third-order valence-electron chi connectivity index (χ3n) is 4.66. The fourth-order valence-electron chi connectivity index (χ4n) is 3.17. The summed E-state index contributed by atoms with van der Waals surface area (Å²) in [6.07, 6.45) is 0. The minimum atomic E-state index is -0.457. The lowest BCUT2D eigenvalue weighted by molar-refractivity contribution is 0.101. The van der Waals surface area contributed by atoms with E-state index in [-0.39, 0.29) is 5.82 Å².